The Morgan fingerprint density at radius 1 is 1.39 bits per heavy atom. The average Bonchev–Trinajstić information content (AvgIpc) is 3.14. The van der Waals surface area contributed by atoms with Crippen LogP contribution in [0.4, 0.5) is 10.1 Å². The van der Waals surface area contributed by atoms with Gasteiger partial charge in [-0.1, -0.05) is 24.8 Å². The molecule has 0 bridgehead atoms. The number of hydrogen-bond acceptors (Lipinski definition) is 7. The van der Waals surface area contributed by atoms with Crippen LogP contribution in [-0.2, 0) is 17.9 Å². The average molecular weight is 445 g/mol. The van der Waals surface area contributed by atoms with Crippen LogP contribution in [0.5, 0.6) is 0 Å². The molecule has 5 N–H and O–H groups in total. The SMILES string of the molecule is C=C(NC)C(O)(CCC=O)N1Cc2c(NCc3cccc(SN)c3F)cccc2C1=O. The molecule has 7 nitrogen and oxygen atoms in total. The monoisotopic (exact) mass is 444 g/mol. The Bertz CT molecular complexity index is 1020. The second-order valence-corrected chi connectivity index (χ2v) is 7.85. The number of likely N-dealkylation sites (N-methyl/N-ethyl adjacent to an activating group) is 1. The summed E-state index contributed by atoms with van der Waals surface area (Å²) < 4.78 is 14.5. The minimum Gasteiger partial charge on any atom is -0.388 e. The molecule has 2 aromatic carbocycles. The second kappa shape index (κ2) is 9.51. The Hall–Kier alpha value is -2.88. The lowest BCUT2D eigenvalue weighted by Crippen LogP contribution is -2.52. The zero-order valence-electron chi connectivity index (χ0n) is 17.2. The van der Waals surface area contributed by atoms with E-state index < -0.39 is 5.72 Å². The highest BCUT2D eigenvalue weighted by Crippen LogP contribution is 2.37. The third-order valence-electron chi connectivity index (χ3n) is 5.45. The summed E-state index contributed by atoms with van der Waals surface area (Å²) in [6.45, 7) is 4.14. The highest BCUT2D eigenvalue weighted by atomic mass is 32.2. The molecule has 1 unspecified atom stereocenters. The van der Waals surface area contributed by atoms with Gasteiger partial charge < -0.3 is 25.4 Å². The van der Waals surface area contributed by atoms with E-state index in [0.717, 1.165) is 11.9 Å². The number of nitrogens with two attached hydrogens (primary N) is 1. The van der Waals surface area contributed by atoms with Crippen LogP contribution in [0.3, 0.4) is 0 Å². The smallest absolute Gasteiger partial charge is 0.257 e. The van der Waals surface area contributed by atoms with Gasteiger partial charge in [0, 0.05) is 48.8 Å². The number of fused-ring (bicyclic) bond motifs is 1. The number of nitrogens with one attached hydrogen (secondary N) is 2. The Balaban J connectivity index is 1.88. The zero-order valence-corrected chi connectivity index (χ0v) is 18.0. The van der Waals surface area contributed by atoms with Crippen LogP contribution in [0.15, 0.2) is 53.6 Å². The van der Waals surface area contributed by atoms with Crippen LogP contribution >= 0.6 is 11.9 Å². The minimum absolute atomic E-state index is 0.0213. The molecule has 0 radical (unpaired) electrons. The maximum Gasteiger partial charge on any atom is 0.257 e. The van der Waals surface area contributed by atoms with Gasteiger partial charge in [-0.05, 0) is 30.1 Å². The lowest BCUT2D eigenvalue weighted by Gasteiger charge is -2.38. The van der Waals surface area contributed by atoms with Gasteiger partial charge in [0.15, 0.2) is 5.72 Å². The zero-order chi connectivity index (χ0) is 22.6. The molecule has 1 heterocycles. The van der Waals surface area contributed by atoms with Gasteiger partial charge >= 0.3 is 0 Å². The summed E-state index contributed by atoms with van der Waals surface area (Å²) in [5, 5.41) is 22.7. The summed E-state index contributed by atoms with van der Waals surface area (Å²) >= 11 is 0.845. The Labute approximate surface area is 184 Å². The number of amides is 1. The first-order chi connectivity index (χ1) is 14.9. The van der Waals surface area contributed by atoms with E-state index in [4.69, 9.17) is 5.14 Å². The normalized spacial score (nSPS) is 14.7. The number of nitrogens with zero attached hydrogens (tertiary/aromatic N) is 1. The standard InChI is InChI=1S/C22H25FN4O3S/c1-14(25-2)22(30,10-5-11-28)27-13-17-16(21(27)29)7-4-8-18(17)26-12-15-6-3-9-19(31-24)20(15)23/h3-4,6-9,11,25-26,30H,1,5,10,12-13,24H2,2H3. The molecule has 1 aliphatic heterocycles. The summed E-state index contributed by atoms with van der Waals surface area (Å²) in [6.07, 6.45) is 0.779. The highest BCUT2D eigenvalue weighted by molar-refractivity contribution is 7.97. The van der Waals surface area contributed by atoms with E-state index in [1.54, 1.807) is 43.4 Å². The van der Waals surface area contributed by atoms with Crippen LogP contribution in [-0.4, -0.2) is 35.0 Å². The van der Waals surface area contributed by atoms with Crippen LogP contribution < -0.4 is 15.8 Å². The van der Waals surface area contributed by atoms with E-state index in [1.807, 2.05) is 0 Å². The van der Waals surface area contributed by atoms with E-state index in [0.29, 0.717) is 33.6 Å². The first-order valence-electron chi connectivity index (χ1n) is 9.72. The van der Waals surface area contributed by atoms with Gasteiger partial charge in [0.1, 0.15) is 12.1 Å². The molecule has 1 amide bonds. The minimum atomic E-state index is -1.72. The molecule has 2 aromatic rings. The van der Waals surface area contributed by atoms with Crippen molar-refractivity contribution in [3.05, 3.63) is 71.2 Å². The Kier molecular flexibility index (Phi) is 6.99. The summed E-state index contributed by atoms with van der Waals surface area (Å²) in [4.78, 5) is 25.7. The van der Waals surface area contributed by atoms with E-state index in [2.05, 4.69) is 17.2 Å². The molecule has 9 heteroatoms. The van der Waals surface area contributed by atoms with Crippen molar-refractivity contribution in [3.8, 4) is 0 Å². The number of benzene rings is 2. The molecule has 164 valence electrons. The van der Waals surface area contributed by atoms with E-state index >= 15 is 0 Å². The molecule has 0 saturated heterocycles. The Morgan fingerprint density at radius 2 is 2.13 bits per heavy atom. The van der Waals surface area contributed by atoms with Crippen molar-refractivity contribution in [1.82, 2.24) is 10.2 Å². The van der Waals surface area contributed by atoms with Crippen LogP contribution in [0, 0.1) is 5.82 Å². The number of anilines is 1. The number of rotatable bonds is 10. The topological polar surface area (TPSA) is 108 Å². The van der Waals surface area contributed by atoms with Crippen molar-refractivity contribution in [2.75, 3.05) is 12.4 Å². The fourth-order valence-electron chi connectivity index (χ4n) is 3.68. The quantitative estimate of drug-likeness (QED) is 0.330. The fraction of sp³-hybridized carbons (Fsp3) is 0.273. The first-order valence-corrected chi connectivity index (χ1v) is 10.6. The summed E-state index contributed by atoms with van der Waals surface area (Å²) in [7, 11) is 1.59. The fourth-order valence-corrected chi connectivity index (χ4v) is 4.07. The highest BCUT2D eigenvalue weighted by Gasteiger charge is 2.44. The Morgan fingerprint density at radius 3 is 2.81 bits per heavy atom. The molecular weight excluding hydrogens is 419 g/mol. The molecular formula is C22H25FN4O3S. The van der Waals surface area contributed by atoms with Crippen molar-refractivity contribution < 1.29 is 19.1 Å². The molecule has 1 aliphatic rings. The third kappa shape index (κ3) is 4.30. The number of carbonyl (C=O) groups is 2. The van der Waals surface area contributed by atoms with Crippen molar-refractivity contribution in [1.29, 1.82) is 0 Å². The molecule has 3 rings (SSSR count). The maximum atomic E-state index is 14.5. The summed E-state index contributed by atoms with van der Waals surface area (Å²) in [5.41, 5.74) is 0.729. The van der Waals surface area contributed by atoms with Crippen LogP contribution in [0.2, 0.25) is 0 Å². The second-order valence-electron chi connectivity index (χ2n) is 7.17. The van der Waals surface area contributed by atoms with Crippen LogP contribution in [0.1, 0.15) is 34.3 Å². The molecule has 0 spiro atoms. The molecule has 0 aliphatic carbocycles. The van der Waals surface area contributed by atoms with Gasteiger partial charge in [-0.15, -0.1) is 0 Å². The van der Waals surface area contributed by atoms with Crippen molar-refractivity contribution in [2.24, 2.45) is 5.14 Å². The number of halogens is 1. The van der Waals surface area contributed by atoms with Crippen LogP contribution in [0.25, 0.3) is 0 Å². The van der Waals surface area contributed by atoms with Gasteiger partial charge in [0.2, 0.25) is 0 Å². The van der Waals surface area contributed by atoms with Crippen molar-refractivity contribution in [3.63, 3.8) is 0 Å². The molecule has 31 heavy (non-hydrogen) atoms. The molecule has 0 saturated carbocycles. The lowest BCUT2D eigenvalue weighted by atomic mass is 10.0. The predicted molar refractivity (Wildman–Crippen MR) is 119 cm³/mol. The molecule has 0 fully saturated rings. The predicted octanol–water partition coefficient (Wildman–Crippen LogP) is 2.76. The first kappa shape index (κ1) is 22.8. The number of carbonyl (C=O) groups excluding carboxylic acids is 2. The van der Waals surface area contributed by atoms with Gasteiger partial charge in [-0.3, -0.25) is 9.93 Å². The van der Waals surface area contributed by atoms with Gasteiger partial charge in [-0.2, -0.15) is 0 Å². The van der Waals surface area contributed by atoms with Gasteiger partial charge in [-0.25, -0.2) is 4.39 Å². The lowest BCUT2D eigenvalue weighted by molar-refractivity contribution is -0.111. The van der Waals surface area contributed by atoms with E-state index in [1.165, 1.54) is 4.90 Å². The number of aliphatic hydroxyl groups is 1. The van der Waals surface area contributed by atoms with E-state index in [9.17, 15) is 19.1 Å². The largest absolute Gasteiger partial charge is 0.388 e. The number of hydrogen-bond donors (Lipinski definition) is 4. The van der Waals surface area contributed by atoms with Crippen molar-refractivity contribution in [2.45, 2.75) is 36.6 Å². The summed E-state index contributed by atoms with van der Waals surface area (Å²) in [6, 6.07) is 10.2. The van der Waals surface area contributed by atoms with Gasteiger partial charge in [0.05, 0.1) is 17.1 Å². The molecule has 1 atom stereocenters. The number of aldehydes is 1. The van der Waals surface area contributed by atoms with Crippen molar-refractivity contribution >= 4 is 29.8 Å². The molecule has 0 aromatic heterocycles. The maximum absolute atomic E-state index is 14.5. The van der Waals surface area contributed by atoms with Gasteiger partial charge in [0.25, 0.3) is 5.91 Å². The third-order valence-corrected chi connectivity index (χ3v) is 6.02. The summed E-state index contributed by atoms with van der Waals surface area (Å²) in [5.74, 6) is -0.752. The van der Waals surface area contributed by atoms with E-state index in [-0.39, 0.29) is 43.4 Å².